The average molecular weight is 347 g/mol. The molecule has 7 heteroatoms. The number of aromatic nitrogens is 3. The van der Waals surface area contributed by atoms with Crippen LogP contribution in [0.3, 0.4) is 0 Å². The third-order valence-electron chi connectivity index (χ3n) is 4.32. The van der Waals surface area contributed by atoms with E-state index in [9.17, 15) is 9.59 Å². The fourth-order valence-electron chi connectivity index (χ4n) is 3.07. The predicted molar refractivity (Wildman–Crippen MR) is 95.5 cm³/mol. The van der Waals surface area contributed by atoms with Gasteiger partial charge in [-0.05, 0) is 29.3 Å². The van der Waals surface area contributed by atoms with Crippen molar-refractivity contribution in [3.05, 3.63) is 77.9 Å². The van der Waals surface area contributed by atoms with E-state index in [0.29, 0.717) is 12.1 Å². The van der Waals surface area contributed by atoms with Gasteiger partial charge in [-0.2, -0.15) is 5.10 Å². The zero-order chi connectivity index (χ0) is 17.9. The molecule has 130 valence electrons. The van der Waals surface area contributed by atoms with Crippen molar-refractivity contribution in [2.24, 2.45) is 0 Å². The summed E-state index contributed by atoms with van der Waals surface area (Å²) < 4.78 is 1.73. The van der Waals surface area contributed by atoms with Gasteiger partial charge >= 0.3 is 0 Å². The van der Waals surface area contributed by atoms with Gasteiger partial charge in [0.15, 0.2) is 0 Å². The number of carbonyl (C=O) groups is 2. The van der Waals surface area contributed by atoms with Gasteiger partial charge in [0.2, 0.25) is 5.91 Å². The fraction of sp³-hybridized carbons (Fsp3) is 0.158. The summed E-state index contributed by atoms with van der Waals surface area (Å²) in [5.74, 6) is -0.271. The highest BCUT2D eigenvalue weighted by Gasteiger charge is 2.29. The molecule has 2 heterocycles. The van der Waals surface area contributed by atoms with Gasteiger partial charge in [-0.1, -0.05) is 30.3 Å². The van der Waals surface area contributed by atoms with Gasteiger partial charge in [-0.3, -0.25) is 9.59 Å². The van der Waals surface area contributed by atoms with E-state index in [-0.39, 0.29) is 24.3 Å². The van der Waals surface area contributed by atoms with Gasteiger partial charge in [0.05, 0.1) is 19.0 Å². The molecule has 0 saturated carbocycles. The van der Waals surface area contributed by atoms with E-state index in [4.69, 9.17) is 0 Å². The molecule has 0 bridgehead atoms. The van der Waals surface area contributed by atoms with Crippen LogP contribution in [-0.4, -0.2) is 26.6 Å². The summed E-state index contributed by atoms with van der Waals surface area (Å²) in [6.07, 6.45) is 3.35. The van der Waals surface area contributed by atoms with E-state index < -0.39 is 0 Å². The van der Waals surface area contributed by atoms with Gasteiger partial charge in [0.25, 0.3) is 5.91 Å². The highest BCUT2D eigenvalue weighted by molar-refractivity contribution is 6.00. The molecule has 2 aromatic carbocycles. The van der Waals surface area contributed by atoms with Crippen molar-refractivity contribution >= 4 is 17.5 Å². The first-order chi connectivity index (χ1) is 12.7. The zero-order valence-electron chi connectivity index (χ0n) is 13.9. The normalized spacial score (nSPS) is 15.4. The number of amides is 2. The van der Waals surface area contributed by atoms with Crippen LogP contribution in [0.15, 0.2) is 61.2 Å². The maximum absolute atomic E-state index is 12.3. The SMILES string of the molecule is O=C(C[C@@H]1NC(=O)c2ccccc21)Nc1ccc(Cn2cncn2)cc1. The molecule has 4 rings (SSSR count). The van der Waals surface area contributed by atoms with Gasteiger partial charge in [0, 0.05) is 11.3 Å². The Balaban J connectivity index is 1.37. The molecule has 0 unspecified atom stereocenters. The monoisotopic (exact) mass is 347 g/mol. The van der Waals surface area contributed by atoms with Gasteiger partial charge < -0.3 is 10.6 Å². The van der Waals surface area contributed by atoms with E-state index in [1.807, 2.05) is 42.5 Å². The lowest BCUT2D eigenvalue weighted by atomic mass is 10.0. The van der Waals surface area contributed by atoms with Crippen LogP contribution in [0.1, 0.15) is 33.9 Å². The Morgan fingerprint density at radius 2 is 1.96 bits per heavy atom. The van der Waals surface area contributed by atoms with Crippen LogP contribution in [0, 0.1) is 0 Å². The Kier molecular flexibility index (Phi) is 4.18. The molecular weight excluding hydrogens is 330 g/mol. The first-order valence-electron chi connectivity index (χ1n) is 8.30. The van der Waals surface area contributed by atoms with Crippen LogP contribution in [0.2, 0.25) is 0 Å². The van der Waals surface area contributed by atoms with Crippen molar-refractivity contribution in [3.63, 3.8) is 0 Å². The van der Waals surface area contributed by atoms with E-state index >= 15 is 0 Å². The van der Waals surface area contributed by atoms with Crippen molar-refractivity contribution in [1.29, 1.82) is 0 Å². The highest BCUT2D eigenvalue weighted by atomic mass is 16.2. The van der Waals surface area contributed by atoms with Crippen molar-refractivity contribution in [2.75, 3.05) is 5.32 Å². The molecule has 0 fully saturated rings. The lowest BCUT2D eigenvalue weighted by molar-refractivity contribution is -0.116. The minimum Gasteiger partial charge on any atom is -0.345 e. The summed E-state index contributed by atoms with van der Waals surface area (Å²) in [6.45, 7) is 0.624. The van der Waals surface area contributed by atoms with Gasteiger partial charge in [0.1, 0.15) is 12.7 Å². The molecule has 2 N–H and O–H groups in total. The van der Waals surface area contributed by atoms with E-state index in [1.165, 1.54) is 6.33 Å². The second-order valence-corrected chi connectivity index (χ2v) is 6.16. The lowest BCUT2D eigenvalue weighted by Gasteiger charge is -2.12. The Labute approximate surface area is 150 Å². The second kappa shape index (κ2) is 6.79. The first-order valence-corrected chi connectivity index (χ1v) is 8.30. The summed E-state index contributed by atoms with van der Waals surface area (Å²) >= 11 is 0. The highest BCUT2D eigenvalue weighted by Crippen LogP contribution is 2.27. The third kappa shape index (κ3) is 3.32. The Bertz CT molecular complexity index is 935. The number of nitrogens with zero attached hydrogens (tertiary/aromatic N) is 3. The van der Waals surface area contributed by atoms with Crippen LogP contribution in [-0.2, 0) is 11.3 Å². The number of rotatable bonds is 5. The Hall–Kier alpha value is -3.48. The number of fused-ring (bicyclic) bond motifs is 1. The average Bonchev–Trinajstić information content (AvgIpc) is 3.26. The molecule has 0 spiro atoms. The van der Waals surface area contributed by atoms with Crippen molar-refractivity contribution < 1.29 is 9.59 Å². The summed E-state index contributed by atoms with van der Waals surface area (Å²) in [6, 6.07) is 14.6. The molecule has 0 radical (unpaired) electrons. The molecule has 7 nitrogen and oxygen atoms in total. The van der Waals surface area contributed by atoms with E-state index in [0.717, 1.165) is 16.8 Å². The van der Waals surface area contributed by atoms with Crippen molar-refractivity contribution in [2.45, 2.75) is 19.0 Å². The topological polar surface area (TPSA) is 88.9 Å². The van der Waals surface area contributed by atoms with E-state index in [1.54, 1.807) is 17.1 Å². The lowest BCUT2D eigenvalue weighted by Crippen LogP contribution is -2.24. The van der Waals surface area contributed by atoms with E-state index in [2.05, 4.69) is 20.7 Å². The molecule has 2 amide bonds. The van der Waals surface area contributed by atoms with Gasteiger partial charge in [-0.25, -0.2) is 9.67 Å². The Morgan fingerprint density at radius 1 is 1.15 bits per heavy atom. The maximum atomic E-state index is 12.3. The summed E-state index contributed by atoms with van der Waals surface area (Å²) in [4.78, 5) is 28.2. The predicted octanol–water partition coefficient (Wildman–Crippen LogP) is 2.14. The molecule has 1 aliphatic rings. The summed E-state index contributed by atoms with van der Waals surface area (Å²) in [7, 11) is 0. The number of hydrogen-bond acceptors (Lipinski definition) is 4. The minimum atomic E-state index is -0.287. The third-order valence-corrected chi connectivity index (χ3v) is 4.32. The standard InChI is InChI=1S/C19H17N5O2/c25-18(9-17-15-3-1-2-4-16(15)19(26)23-17)22-14-7-5-13(6-8-14)10-24-12-20-11-21-24/h1-8,11-12,17H,9-10H2,(H,22,25)(H,23,26)/t17-/m0/s1. The molecule has 1 atom stereocenters. The molecule has 1 aliphatic heterocycles. The van der Waals surface area contributed by atoms with Crippen LogP contribution in [0.5, 0.6) is 0 Å². The van der Waals surface area contributed by atoms with Crippen LogP contribution in [0.4, 0.5) is 5.69 Å². The molecule has 1 aromatic heterocycles. The number of hydrogen-bond donors (Lipinski definition) is 2. The quantitative estimate of drug-likeness (QED) is 0.740. The number of benzene rings is 2. The molecule has 0 aliphatic carbocycles. The zero-order valence-corrected chi connectivity index (χ0v) is 13.9. The van der Waals surface area contributed by atoms with Crippen LogP contribution in [0.25, 0.3) is 0 Å². The summed E-state index contributed by atoms with van der Waals surface area (Å²) in [5, 5.41) is 9.80. The second-order valence-electron chi connectivity index (χ2n) is 6.16. The first kappa shape index (κ1) is 16.0. The Morgan fingerprint density at radius 3 is 2.73 bits per heavy atom. The molecule has 26 heavy (non-hydrogen) atoms. The fourth-order valence-corrected chi connectivity index (χ4v) is 3.07. The summed E-state index contributed by atoms with van der Waals surface area (Å²) in [5.41, 5.74) is 3.29. The molecular formula is C19H17N5O2. The largest absolute Gasteiger partial charge is 0.345 e. The maximum Gasteiger partial charge on any atom is 0.252 e. The smallest absolute Gasteiger partial charge is 0.252 e. The minimum absolute atomic E-state index is 0.129. The number of anilines is 1. The molecule has 3 aromatic rings. The number of carbonyl (C=O) groups excluding carboxylic acids is 2. The van der Waals surface area contributed by atoms with Crippen LogP contribution >= 0.6 is 0 Å². The van der Waals surface area contributed by atoms with Crippen molar-refractivity contribution in [1.82, 2.24) is 20.1 Å². The molecule has 0 saturated heterocycles. The van der Waals surface area contributed by atoms with Crippen LogP contribution < -0.4 is 10.6 Å². The van der Waals surface area contributed by atoms with Gasteiger partial charge in [-0.15, -0.1) is 0 Å². The van der Waals surface area contributed by atoms with Crippen molar-refractivity contribution in [3.8, 4) is 0 Å². The number of nitrogens with one attached hydrogen (secondary N) is 2.